The molecule has 7 heteroatoms. The average molecular weight is 214 g/mol. The minimum atomic E-state index is -0.910. The molecule has 1 aliphatic carbocycles. The highest BCUT2D eigenvalue weighted by Crippen LogP contribution is 2.30. The lowest BCUT2D eigenvalue weighted by Crippen LogP contribution is -2.44. The molecule has 0 radical (unpaired) electrons. The van der Waals surface area contributed by atoms with Crippen LogP contribution in [0.1, 0.15) is 25.7 Å². The van der Waals surface area contributed by atoms with Gasteiger partial charge in [0.25, 0.3) is 0 Å². The Morgan fingerprint density at radius 3 is 2.33 bits per heavy atom. The third kappa shape index (κ3) is 3.21. The molecule has 0 aliphatic heterocycles. The number of carboxylic acid groups (broad SMARTS) is 1. The Kier molecular flexibility index (Phi) is 4.58. The van der Waals surface area contributed by atoms with E-state index in [0.717, 1.165) is 12.8 Å². The van der Waals surface area contributed by atoms with Crippen LogP contribution >= 0.6 is 0 Å². The number of nitrogens with one attached hydrogen (secondary N) is 2. The predicted octanol–water partition coefficient (Wildman–Crippen LogP) is -0.761. The van der Waals surface area contributed by atoms with E-state index in [-0.39, 0.29) is 13.5 Å². The summed E-state index contributed by atoms with van der Waals surface area (Å²) in [6.07, 6.45) is 2.90. The van der Waals surface area contributed by atoms with Crippen LogP contribution in [-0.4, -0.2) is 29.7 Å². The molecule has 1 rings (SSSR count). The van der Waals surface area contributed by atoms with Crippen molar-refractivity contribution in [2.45, 2.75) is 25.7 Å². The van der Waals surface area contributed by atoms with Gasteiger partial charge in [-0.1, -0.05) is 12.8 Å². The maximum absolute atomic E-state index is 11.5. The van der Waals surface area contributed by atoms with Gasteiger partial charge in [-0.25, -0.2) is 5.39 Å². The Morgan fingerprint density at radius 1 is 1.20 bits per heavy atom. The van der Waals surface area contributed by atoms with Crippen LogP contribution in [0.5, 0.6) is 0 Å². The summed E-state index contributed by atoms with van der Waals surface area (Å²) < 4.78 is 0. The highest BCUT2D eigenvalue weighted by molar-refractivity contribution is 6.33. The molecule has 0 aromatic rings. The summed E-state index contributed by atoms with van der Waals surface area (Å²) in [5.41, 5.74) is 0. The zero-order chi connectivity index (χ0) is 11.3. The van der Waals surface area contributed by atoms with Gasteiger partial charge in [-0.3, -0.25) is 9.59 Å². The smallest absolute Gasteiger partial charge is 0.346 e. The van der Waals surface area contributed by atoms with Crippen molar-refractivity contribution in [1.82, 2.24) is 10.6 Å². The minimum absolute atomic E-state index is 0.0539. The molecule has 2 atom stereocenters. The first-order valence-electron chi connectivity index (χ1n) is 5.04. The Morgan fingerprint density at radius 2 is 1.80 bits per heavy atom. The number of carboxylic acids is 1. The summed E-state index contributed by atoms with van der Waals surface area (Å²) in [7, 11) is -0.0539. The lowest BCUT2D eigenvalue weighted by Gasteiger charge is -2.27. The van der Waals surface area contributed by atoms with E-state index in [1.165, 1.54) is 0 Å². The van der Waals surface area contributed by atoms with E-state index < -0.39 is 17.8 Å². The molecule has 0 bridgehead atoms. The second kappa shape index (κ2) is 5.72. The van der Waals surface area contributed by atoms with Crippen LogP contribution in [0.2, 0.25) is 0 Å². The zero-order valence-corrected chi connectivity index (χ0v) is 8.40. The van der Waals surface area contributed by atoms with Crippen LogP contribution in [0.3, 0.4) is 0 Å². The van der Waals surface area contributed by atoms with E-state index >= 15 is 0 Å². The summed E-state index contributed by atoms with van der Waals surface area (Å²) >= 11 is 0. The van der Waals surface area contributed by atoms with Crippen molar-refractivity contribution in [3.8, 4) is 0 Å². The molecule has 15 heavy (non-hydrogen) atoms. The number of hydrogen-bond acceptors (Lipinski definition) is 4. The number of hydrogen-bond donors (Lipinski definition) is 4. The van der Waals surface area contributed by atoms with Crippen LogP contribution in [0.15, 0.2) is 0 Å². The fraction of sp³-hybridized carbons (Fsp3) is 0.750. The molecular formula is C8H15BN2O4. The minimum Gasteiger partial charge on any atom is -0.481 e. The zero-order valence-electron chi connectivity index (χ0n) is 8.40. The molecular weight excluding hydrogens is 199 g/mol. The Balaban J connectivity index is 2.55. The maximum atomic E-state index is 11.5. The molecule has 1 amide bonds. The van der Waals surface area contributed by atoms with Gasteiger partial charge in [-0.2, -0.15) is 0 Å². The second-order valence-electron chi connectivity index (χ2n) is 3.71. The molecule has 0 saturated heterocycles. The van der Waals surface area contributed by atoms with Crippen LogP contribution in [-0.2, 0) is 9.59 Å². The van der Waals surface area contributed by atoms with Crippen LogP contribution in [0.4, 0.5) is 0 Å². The second-order valence-corrected chi connectivity index (χ2v) is 3.71. The summed E-state index contributed by atoms with van der Waals surface area (Å²) in [6, 6.07) is 0. The van der Waals surface area contributed by atoms with Crippen molar-refractivity contribution in [2.24, 2.45) is 11.8 Å². The van der Waals surface area contributed by atoms with Gasteiger partial charge < -0.3 is 15.5 Å². The van der Waals surface area contributed by atoms with E-state index in [9.17, 15) is 9.59 Å². The highest BCUT2D eigenvalue weighted by Gasteiger charge is 2.35. The molecule has 1 aliphatic rings. The van der Waals surface area contributed by atoms with Crippen LogP contribution in [0.25, 0.3) is 0 Å². The molecule has 0 heterocycles. The first-order chi connectivity index (χ1) is 7.16. The summed E-state index contributed by atoms with van der Waals surface area (Å²) in [4.78, 5) is 22.4. The fourth-order valence-corrected chi connectivity index (χ4v) is 2.00. The van der Waals surface area contributed by atoms with E-state index in [0.29, 0.717) is 12.8 Å². The molecule has 4 N–H and O–H groups in total. The Labute approximate surface area is 88.3 Å². The predicted molar refractivity (Wildman–Crippen MR) is 53.3 cm³/mol. The quantitative estimate of drug-likeness (QED) is 0.364. The van der Waals surface area contributed by atoms with Crippen molar-refractivity contribution in [2.75, 3.05) is 0 Å². The maximum Gasteiger partial charge on any atom is 0.346 e. The molecule has 84 valence electrons. The molecule has 6 nitrogen and oxygen atoms in total. The molecule has 0 spiro atoms. The molecule has 0 unspecified atom stereocenters. The third-order valence-electron chi connectivity index (χ3n) is 2.76. The molecule has 1 saturated carbocycles. The topological polar surface area (TPSA) is 98.7 Å². The van der Waals surface area contributed by atoms with Gasteiger partial charge in [0.2, 0.25) is 5.91 Å². The van der Waals surface area contributed by atoms with Crippen molar-refractivity contribution in [3.05, 3.63) is 0 Å². The number of carbonyl (C=O) groups is 2. The fourth-order valence-electron chi connectivity index (χ4n) is 2.00. The van der Waals surface area contributed by atoms with Gasteiger partial charge >= 0.3 is 13.5 Å². The average Bonchev–Trinajstić information content (AvgIpc) is 2.25. The number of carbonyl (C=O) groups excluding carboxylic acids is 1. The van der Waals surface area contributed by atoms with E-state index in [2.05, 4.69) is 5.23 Å². The normalized spacial score (nSPS) is 25.7. The van der Waals surface area contributed by atoms with Gasteiger partial charge in [0.1, 0.15) is 0 Å². The Hall–Kier alpha value is -1.08. The van der Waals surface area contributed by atoms with E-state index in [4.69, 9.17) is 10.3 Å². The first-order valence-corrected chi connectivity index (χ1v) is 5.04. The highest BCUT2D eigenvalue weighted by atomic mass is 16.4. The first kappa shape index (κ1) is 12.0. The molecule has 1 fully saturated rings. The largest absolute Gasteiger partial charge is 0.481 e. The van der Waals surface area contributed by atoms with E-state index in [1.54, 1.807) is 5.39 Å². The molecule has 0 aromatic carbocycles. The molecule has 0 aromatic heterocycles. The lowest BCUT2D eigenvalue weighted by atomic mass is 9.78. The van der Waals surface area contributed by atoms with Gasteiger partial charge in [-0.15, -0.1) is 0 Å². The summed E-state index contributed by atoms with van der Waals surface area (Å²) in [6.45, 7) is 0. The third-order valence-corrected chi connectivity index (χ3v) is 2.76. The summed E-state index contributed by atoms with van der Waals surface area (Å²) in [5.74, 6) is -2.27. The SMILES string of the molecule is O=C(O)[C@H]1CCCC[C@H]1C(=O)NBNO. The van der Waals surface area contributed by atoms with Gasteiger partial charge in [-0.05, 0) is 12.8 Å². The Bertz CT molecular complexity index is 249. The summed E-state index contributed by atoms with van der Waals surface area (Å²) in [5, 5.41) is 21.5. The van der Waals surface area contributed by atoms with Crippen molar-refractivity contribution >= 4 is 19.4 Å². The van der Waals surface area contributed by atoms with Gasteiger partial charge in [0.15, 0.2) is 0 Å². The monoisotopic (exact) mass is 214 g/mol. The van der Waals surface area contributed by atoms with Gasteiger partial charge in [0, 0.05) is 0 Å². The van der Waals surface area contributed by atoms with Crippen molar-refractivity contribution < 1.29 is 19.9 Å². The number of rotatable bonds is 4. The van der Waals surface area contributed by atoms with Crippen LogP contribution < -0.4 is 10.6 Å². The standard InChI is InChI=1S/C8H15BN2O4/c12-7(10-9-11-15)5-3-1-2-4-6(5)8(13)14/h5-6,9,11,15H,1-4H2,(H,10,12)(H,13,14)/t5-,6+/m1/s1. The van der Waals surface area contributed by atoms with Gasteiger partial charge in [0.05, 0.1) is 11.8 Å². The number of amides is 1. The van der Waals surface area contributed by atoms with Crippen LogP contribution in [0, 0.1) is 11.8 Å². The van der Waals surface area contributed by atoms with E-state index in [1.807, 2.05) is 0 Å². The number of aliphatic carboxylic acids is 1. The van der Waals surface area contributed by atoms with Crippen molar-refractivity contribution in [1.29, 1.82) is 0 Å². The van der Waals surface area contributed by atoms with Crippen molar-refractivity contribution in [3.63, 3.8) is 0 Å². The lowest BCUT2D eigenvalue weighted by molar-refractivity contribution is -0.148.